The number of aryl methyl sites for hydroxylation is 2. The number of nitrogens with zero attached hydrogens (tertiary/aromatic N) is 3. The Morgan fingerprint density at radius 3 is 2.79 bits per heavy atom. The second-order valence-electron chi connectivity index (χ2n) is 4.39. The van der Waals surface area contributed by atoms with Crippen LogP contribution >= 0.6 is 15.9 Å². The number of halogens is 1. The van der Waals surface area contributed by atoms with Gasteiger partial charge >= 0.3 is 0 Å². The SMILES string of the molecule is CCNC(c1cccc(C)n1)c1c(Br)cnn1CC. The zero-order chi connectivity index (χ0) is 13.8. The first-order valence-electron chi connectivity index (χ1n) is 6.55. The number of rotatable bonds is 5. The fourth-order valence-electron chi connectivity index (χ4n) is 2.18. The van der Waals surface area contributed by atoms with Crippen LogP contribution in [0, 0.1) is 6.92 Å². The van der Waals surface area contributed by atoms with Gasteiger partial charge in [0.1, 0.15) is 0 Å². The third-order valence-corrected chi connectivity index (χ3v) is 3.63. The van der Waals surface area contributed by atoms with Gasteiger partial charge in [0.05, 0.1) is 28.1 Å². The van der Waals surface area contributed by atoms with Crippen LogP contribution in [0.4, 0.5) is 0 Å². The lowest BCUT2D eigenvalue weighted by molar-refractivity contribution is 0.532. The molecule has 1 atom stereocenters. The average Bonchev–Trinajstić information content (AvgIpc) is 2.77. The van der Waals surface area contributed by atoms with Gasteiger partial charge in [-0.25, -0.2) is 0 Å². The monoisotopic (exact) mass is 322 g/mol. The normalized spacial score (nSPS) is 12.6. The number of pyridine rings is 1. The van der Waals surface area contributed by atoms with E-state index in [1.807, 2.05) is 29.9 Å². The Labute approximate surface area is 122 Å². The van der Waals surface area contributed by atoms with E-state index >= 15 is 0 Å². The molecule has 1 unspecified atom stereocenters. The molecule has 0 radical (unpaired) electrons. The highest BCUT2D eigenvalue weighted by atomic mass is 79.9. The standard InChI is InChI=1S/C14H19BrN4/c1-4-16-13(12-8-6-7-10(3)18-12)14-11(15)9-17-19(14)5-2/h6-9,13,16H,4-5H2,1-3H3. The van der Waals surface area contributed by atoms with E-state index in [0.717, 1.165) is 34.6 Å². The van der Waals surface area contributed by atoms with Crippen molar-refractivity contribution in [3.8, 4) is 0 Å². The van der Waals surface area contributed by atoms with Crippen LogP contribution in [-0.4, -0.2) is 21.3 Å². The van der Waals surface area contributed by atoms with Crippen molar-refractivity contribution in [3.63, 3.8) is 0 Å². The fraction of sp³-hybridized carbons (Fsp3) is 0.429. The average molecular weight is 323 g/mol. The number of nitrogens with one attached hydrogen (secondary N) is 1. The molecule has 0 fully saturated rings. The van der Waals surface area contributed by atoms with E-state index in [2.05, 4.69) is 51.2 Å². The third kappa shape index (κ3) is 3.04. The molecule has 5 heteroatoms. The smallest absolute Gasteiger partial charge is 0.0933 e. The minimum absolute atomic E-state index is 0.0572. The molecule has 2 rings (SSSR count). The summed E-state index contributed by atoms with van der Waals surface area (Å²) in [5.41, 5.74) is 3.18. The highest BCUT2D eigenvalue weighted by Gasteiger charge is 2.21. The molecule has 2 heterocycles. The van der Waals surface area contributed by atoms with Gasteiger partial charge in [-0.3, -0.25) is 9.67 Å². The molecule has 0 aliphatic carbocycles. The van der Waals surface area contributed by atoms with Crippen LogP contribution < -0.4 is 5.32 Å². The highest BCUT2D eigenvalue weighted by molar-refractivity contribution is 9.10. The number of hydrogen-bond donors (Lipinski definition) is 1. The Hall–Kier alpha value is -1.20. The summed E-state index contributed by atoms with van der Waals surface area (Å²) in [6.45, 7) is 7.92. The molecule has 0 aromatic carbocycles. The van der Waals surface area contributed by atoms with E-state index in [-0.39, 0.29) is 6.04 Å². The molecular formula is C14H19BrN4. The predicted molar refractivity (Wildman–Crippen MR) is 80.1 cm³/mol. The van der Waals surface area contributed by atoms with Crippen molar-refractivity contribution in [2.24, 2.45) is 0 Å². The van der Waals surface area contributed by atoms with Crippen molar-refractivity contribution >= 4 is 15.9 Å². The molecule has 0 saturated heterocycles. The van der Waals surface area contributed by atoms with Crippen molar-refractivity contribution in [1.29, 1.82) is 0 Å². The van der Waals surface area contributed by atoms with Crippen LogP contribution in [0.25, 0.3) is 0 Å². The van der Waals surface area contributed by atoms with Crippen molar-refractivity contribution in [2.75, 3.05) is 6.54 Å². The second-order valence-corrected chi connectivity index (χ2v) is 5.24. The molecule has 0 aliphatic heterocycles. The minimum Gasteiger partial charge on any atom is -0.304 e. The molecule has 102 valence electrons. The van der Waals surface area contributed by atoms with Gasteiger partial charge in [-0.05, 0) is 48.5 Å². The lowest BCUT2D eigenvalue weighted by Gasteiger charge is -2.19. The molecule has 19 heavy (non-hydrogen) atoms. The van der Waals surface area contributed by atoms with E-state index < -0.39 is 0 Å². The van der Waals surface area contributed by atoms with Crippen LogP contribution in [0.2, 0.25) is 0 Å². The van der Waals surface area contributed by atoms with Crippen molar-refractivity contribution in [2.45, 2.75) is 33.4 Å². The molecule has 0 amide bonds. The Balaban J connectivity index is 2.48. The summed E-state index contributed by atoms with van der Waals surface area (Å²) < 4.78 is 3.02. The quantitative estimate of drug-likeness (QED) is 0.919. The Bertz CT molecular complexity index is 550. The second kappa shape index (κ2) is 6.30. The summed E-state index contributed by atoms with van der Waals surface area (Å²) in [5.74, 6) is 0. The molecule has 0 aliphatic rings. The molecule has 2 aromatic heterocycles. The van der Waals surface area contributed by atoms with Crippen LogP contribution in [-0.2, 0) is 6.54 Å². The third-order valence-electron chi connectivity index (χ3n) is 3.02. The first-order valence-corrected chi connectivity index (χ1v) is 7.34. The zero-order valence-electron chi connectivity index (χ0n) is 11.5. The van der Waals surface area contributed by atoms with E-state index in [1.165, 1.54) is 0 Å². The van der Waals surface area contributed by atoms with E-state index in [1.54, 1.807) is 0 Å². The minimum atomic E-state index is 0.0572. The first-order chi connectivity index (χ1) is 9.17. The van der Waals surface area contributed by atoms with E-state index in [4.69, 9.17) is 0 Å². The number of aromatic nitrogens is 3. The Kier molecular flexibility index (Phi) is 4.71. The highest BCUT2D eigenvalue weighted by Crippen LogP contribution is 2.27. The summed E-state index contributed by atoms with van der Waals surface area (Å²) in [6, 6.07) is 6.17. The molecular weight excluding hydrogens is 304 g/mol. The first kappa shape index (κ1) is 14.2. The van der Waals surface area contributed by atoms with Crippen LogP contribution in [0.15, 0.2) is 28.9 Å². The van der Waals surface area contributed by atoms with Gasteiger partial charge in [-0.2, -0.15) is 5.10 Å². The molecule has 1 N–H and O–H groups in total. The summed E-state index contributed by atoms with van der Waals surface area (Å²) in [6.07, 6.45) is 1.85. The lowest BCUT2D eigenvalue weighted by Crippen LogP contribution is -2.26. The molecule has 0 saturated carbocycles. The van der Waals surface area contributed by atoms with Crippen molar-refractivity contribution < 1.29 is 0 Å². The molecule has 4 nitrogen and oxygen atoms in total. The molecule has 0 spiro atoms. The lowest BCUT2D eigenvalue weighted by atomic mass is 10.1. The zero-order valence-corrected chi connectivity index (χ0v) is 13.1. The summed E-state index contributed by atoms with van der Waals surface area (Å²) in [7, 11) is 0. The van der Waals surface area contributed by atoms with Gasteiger partial charge < -0.3 is 5.32 Å². The van der Waals surface area contributed by atoms with Gasteiger partial charge in [0, 0.05) is 12.2 Å². The Morgan fingerprint density at radius 1 is 1.37 bits per heavy atom. The predicted octanol–water partition coefficient (Wildman–Crippen LogP) is 3.07. The van der Waals surface area contributed by atoms with Gasteiger partial charge in [0.25, 0.3) is 0 Å². The van der Waals surface area contributed by atoms with Gasteiger partial charge in [0.15, 0.2) is 0 Å². The summed E-state index contributed by atoms with van der Waals surface area (Å²) >= 11 is 3.59. The summed E-state index contributed by atoms with van der Waals surface area (Å²) in [5, 5.41) is 7.88. The van der Waals surface area contributed by atoms with Crippen LogP contribution in [0.5, 0.6) is 0 Å². The van der Waals surface area contributed by atoms with Crippen molar-refractivity contribution in [1.82, 2.24) is 20.1 Å². The molecule has 0 bridgehead atoms. The number of hydrogen-bond acceptors (Lipinski definition) is 3. The van der Waals surface area contributed by atoms with Crippen LogP contribution in [0.3, 0.4) is 0 Å². The maximum absolute atomic E-state index is 4.64. The fourth-order valence-corrected chi connectivity index (χ4v) is 2.71. The van der Waals surface area contributed by atoms with Crippen molar-refractivity contribution in [3.05, 3.63) is 46.0 Å². The molecule has 2 aromatic rings. The topological polar surface area (TPSA) is 42.7 Å². The van der Waals surface area contributed by atoms with Gasteiger partial charge in [0.2, 0.25) is 0 Å². The van der Waals surface area contributed by atoms with E-state index in [0.29, 0.717) is 0 Å². The van der Waals surface area contributed by atoms with E-state index in [9.17, 15) is 0 Å². The van der Waals surface area contributed by atoms with Crippen LogP contribution in [0.1, 0.15) is 37.0 Å². The van der Waals surface area contributed by atoms with Gasteiger partial charge in [-0.1, -0.05) is 13.0 Å². The largest absolute Gasteiger partial charge is 0.304 e. The van der Waals surface area contributed by atoms with Gasteiger partial charge in [-0.15, -0.1) is 0 Å². The Morgan fingerprint density at radius 2 is 2.16 bits per heavy atom. The maximum atomic E-state index is 4.64. The summed E-state index contributed by atoms with van der Waals surface area (Å²) in [4.78, 5) is 4.64. The maximum Gasteiger partial charge on any atom is 0.0933 e.